The monoisotopic (exact) mass is 355 g/mol. The van der Waals surface area contributed by atoms with E-state index in [1.807, 2.05) is 25.2 Å². The molecule has 1 saturated carbocycles. The highest BCUT2D eigenvalue weighted by molar-refractivity contribution is 7.99. The summed E-state index contributed by atoms with van der Waals surface area (Å²) in [5.74, 6) is 2.83. The lowest BCUT2D eigenvalue weighted by molar-refractivity contribution is 0.409. The Morgan fingerprint density at radius 2 is 2.26 bits per heavy atom. The molecule has 0 heterocycles. The van der Waals surface area contributed by atoms with Gasteiger partial charge in [-0.05, 0) is 37.1 Å². The van der Waals surface area contributed by atoms with E-state index in [0.717, 1.165) is 22.5 Å². The lowest BCUT2D eigenvalue weighted by Gasteiger charge is -2.18. The van der Waals surface area contributed by atoms with Crippen molar-refractivity contribution in [2.24, 2.45) is 4.99 Å². The summed E-state index contributed by atoms with van der Waals surface area (Å²) in [7, 11) is 3.47. The zero-order valence-electron chi connectivity index (χ0n) is 14.1. The minimum Gasteiger partial charge on any atom is -0.496 e. The number of rotatable bonds is 6. The summed E-state index contributed by atoms with van der Waals surface area (Å²) in [4.78, 5) is 4.33. The number of ether oxygens (including phenoxy) is 1. The Morgan fingerprint density at radius 3 is 2.96 bits per heavy atom. The molecule has 4 nitrogen and oxygen atoms in total. The molecule has 0 saturated heterocycles. The van der Waals surface area contributed by atoms with Crippen LogP contribution in [0.15, 0.2) is 23.2 Å². The maximum absolute atomic E-state index is 6.00. The summed E-state index contributed by atoms with van der Waals surface area (Å²) in [5, 5.41) is 8.36. The van der Waals surface area contributed by atoms with Crippen molar-refractivity contribution < 1.29 is 4.74 Å². The molecule has 0 aliphatic heterocycles. The predicted molar refractivity (Wildman–Crippen MR) is 101 cm³/mol. The largest absolute Gasteiger partial charge is 0.496 e. The van der Waals surface area contributed by atoms with Gasteiger partial charge in [-0.15, -0.1) is 0 Å². The molecule has 2 unspecified atom stereocenters. The lowest BCUT2D eigenvalue weighted by atomic mass is 10.2. The number of halogens is 1. The zero-order chi connectivity index (χ0) is 16.7. The van der Waals surface area contributed by atoms with Gasteiger partial charge in [0.25, 0.3) is 0 Å². The molecule has 1 aliphatic rings. The minimum atomic E-state index is 0.511. The van der Waals surface area contributed by atoms with E-state index in [0.29, 0.717) is 17.6 Å². The fraction of sp³-hybridized carbons (Fsp3) is 0.588. The van der Waals surface area contributed by atoms with Crippen LogP contribution in [-0.4, -0.2) is 37.2 Å². The number of nitrogens with zero attached hydrogens (tertiary/aromatic N) is 1. The van der Waals surface area contributed by atoms with Crippen molar-refractivity contribution in [2.45, 2.75) is 44.0 Å². The molecule has 0 aromatic heterocycles. The van der Waals surface area contributed by atoms with Crippen LogP contribution in [0.2, 0.25) is 5.02 Å². The summed E-state index contributed by atoms with van der Waals surface area (Å²) in [6, 6.07) is 6.20. The van der Waals surface area contributed by atoms with Crippen LogP contribution < -0.4 is 15.4 Å². The van der Waals surface area contributed by atoms with Gasteiger partial charge in [-0.25, -0.2) is 0 Å². The molecule has 6 heteroatoms. The molecule has 1 aromatic carbocycles. The highest BCUT2D eigenvalue weighted by atomic mass is 35.5. The SMILES string of the molecule is CCSC1CCC(NC(=NC)NCc2ccc(Cl)cc2OC)C1. The van der Waals surface area contributed by atoms with Crippen molar-refractivity contribution >= 4 is 29.3 Å². The first-order valence-electron chi connectivity index (χ1n) is 8.07. The predicted octanol–water partition coefficient (Wildman–Crippen LogP) is 3.69. The van der Waals surface area contributed by atoms with Crippen molar-refractivity contribution in [1.82, 2.24) is 10.6 Å². The van der Waals surface area contributed by atoms with Crippen LogP contribution in [-0.2, 0) is 6.54 Å². The van der Waals surface area contributed by atoms with Gasteiger partial charge in [0.1, 0.15) is 5.75 Å². The van der Waals surface area contributed by atoms with Crippen molar-refractivity contribution in [3.05, 3.63) is 28.8 Å². The van der Waals surface area contributed by atoms with Crippen LogP contribution in [0.1, 0.15) is 31.7 Å². The Bertz CT molecular complexity index is 539. The molecule has 1 aromatic rings. The maximum atomic E-state index is 6.00. The fourth-order valence-corrected chi connectivity index (χ4v) is 4.19. The normalized spacial score (nSPS) is 21.3. The van der Waals surface area contributed by atoms with Gasteiger partial charge in [-0.3, -0.25) is 4.99 Å². The second-order valence-corrected chi connectivity index (χ2v) is 7.63. The molecule has 0 bridgehead atoms. The van der Waals surface area contributed by atoms with Gasteiger partial charge < -0.3 is 15.4 Å². The van der Waals surface area contributed by atoms with Gasteiger partial charge in [0.05, 0.1) is 7.11 Å². The summed E-state index contributed by atoms with van der Waals surface area (Å²) >= 11 is 8.06. The van der Waals surface area contributed by atoms with Crippen molar-refractivity contribution in [1.29, 1.82) is 0 Å². The minimum absolute atomic E-state index is 0.511. The summed E-state index contributed by atoms with van der Waals surface area (Å²) in [5.41, 5.74) is 1.06. The number of benzene rings is 1. The second kappa shape index (κ2) is 9.28. The van der Waals surface area contributed by atoms with Crippen molar-refractivity contribution in [3.8, 4) is 5.75 Å². The van der Waals surface area contributed by atoms with Gasteiger partial charge in [-0.1, -0.05) is 24.6 Å². The summed E-state index contributed by atoms with van der Waals surface area (Å²) in [6.07, 6.45) is 3.71. The standard InChI is InChI=1S/C17H26ClN3OS/c1-4-23-15-8-7-14(10-15)21-17(19-2)20-11-12-5-6-13(18)9-16(12)22-3/h5-6,9,14-15H,4,7-8,10-11H2,1-3H3,(H2,19,20,21). The van der Waals surface area contributed by atoms with E-state index in [9.17, 15) is 0 Å². The Kier molecular flexibility index (Phi) is 7.37. The Morgan fingerprint density at radius 1 is 1.43 bits per heavy atom. The summed E-state index contributed by atoms with van der Waals surface area (Å²) in [6.45, 7) is 2.88. The lowest BCUT2D eigenvalue weighted by Crippen LogP contribution is -2.42. The summed E-state index contributed by atoms with van der Waals surface area (Å²) < 4.78 is 5.38. The van der Waals surface area contributed by atoms with E-state index in [1.54, 1.807) is 7.11 Å². The Hall–Kier alpha value is -1.07. The van der Waals surface area contributed by atoms with Gasteiger partial charge >= 0.3 is 0 Å². The number of thioether (sulfide) groups is 1. The molecule has 23 heavy (non-hydrogen) atoms. The van der Waals surface area contributed by atoms with Crippen LogP contribution in [0.3, 0.4) is 0 Å². The van der Waals surface area contributed by atoms with Gasteiger partial charge in [0, 0.05) is 35.5 Å². The molecule has 1 fully saturated rings. The molecular formula is C17H26ClN3OS. The van der Waals surface area contributed by atoms with Crippen LogP contribution in [0, 0.1) is 0 Å². The quantitative estimate of drug-likeness (QED) is 0.603. The van der Waals surface area contributed by atoms with Gasteiger partial charge in [0.15, 0.2) is 5.96 Å². The van der Waals surface area contributed by atoms with Crippen LogP contribution in [0.4, 0.5) is 0 Å². The van der Waals surface area contributed by atoms with E-state index in [2.05, 4.69) is 34.3 Å². The van der Waals surface area contributed by atoms with E-state index in [4.69, 9.17) is 16.3 Å². The molecule has 2 atom stereocenters. The highest BCUT2D eigenvalue weighted by Crippen LogP contribution is 2.29. The topological polar surface area (TPSA) is 45.7 Å². The Labute approximate surface area is 148 Å². The third-order valence-corrected chi connectivity index (χ3v) is 5.51. The van der Waals surface area contributed by atoms with E-state index < -0.39 is 0 Å². The van der Waals surface area contributed by atoms with E-state index >= 15 is 0 Å². The highest BCUT2D eigenvalue weighted by Gasteiger charge is 2.25. The number of methoxy groups -OCH3 is 1. The first-order valence-corrected chi connectivity index (χ1v) is 9.50. The fourth-order valence-electron chi connectivity index (χ4n) is 2.89. The van der Waals surface area contributed by atoms with Crippen molar-refractivity contribution in [2.75, 3.05) is 19.9 Å². The van der Waals surface area contributed by atoms with Crippen LogP contribution >= 0.6 is 23.4 Å². The molecule has 0 radical (unpaired) electrons. The average molecular weight is 356 g/mol. The number of aliphatic imine (C=N–C) groups is 1. The smallest absolute Gasteiger partial charge is 0.191 e. The number of hydrogen-bond acceptors (Lipinski definition) is 3. The molecule has 0 spiro atoms. The molecule has 2 rings (SSSR count). The van der Waals surface area contributed by atoms with E-state index in [-0.39, 0.29) is 0 Å². The van der Waals surface area contributed by atoms with Gasteiger partial charge in [0.2, 0.25) is 0 Å². The third kappa shape index (κ3) is 5.50. The van der Waals surface area contributed by atoms with Crippen molar-refractivity contribution in [3.63, 3.8) is 0 Å². The van der Waals surface area contributed by atoms with Crippen LogP contribution in [0.25, 0.3) is 0 Å². The van der Waals surface area contributed by atoms with Crippen LogP contribution in [0.5, 0.6) is 5.75 Å². The number of nitrogens with one attached hydrogen (secondary N) is 2. The molecule has 2 N–H and O–H groups in total. The first kappa shape index (κ1) is 18.3. The van der Waals surface area contributed by atoms with Gasteiger partial charge in [-0.2, -0.15) is 11.8 Å². The molecule has 128 valence electrons. The Balaban J connectivity index is 1.86. The second-order valence-electron chi connectivity index (χ2n) is 5.61. The zero-order valence-corrected chi connectivity index (χ0v) is 15.6. The third-order valence-electron chi connectivity index (χ3n) is 4.05. The van der Waals surface area contributed by atoms with E-state index in [1.165, 1.54) is 25.0 Å². The molecular weight excluding hydrogens is 330 g/mol. The average Bonchev–Trinajstić information content (AvgIpc) is 2.99. The number of guanidine groups is 1. The maximum Gasteiger partial charge on any atom is 0.191 e. The molecule has 1 aliphatic carbocycles. The number of hydrogen-bond donors (Lipinski definition) is 2. The molecule has 0 amide bonds. The first-order chi connectivity index (χ1) is 11.2.